The summed E-state index contributed by atoms with van der Waals surface area (Å²) in [4.78, 5) is 59.5. The van der Waals surface area contributed by atoms with Gasteiger partial charge in [-0.05, 0) is 69.0 Å². The lowest BCUT2D eigenvalue weighted by atomic mass is 9.88. The molecule has 0 saturated carbocycles. The largest absolute Gasteiger partial charge is 0.374 e. The first-order valence-corrected chi connectivity index (χ1v) is 16.6. The highest BCUT2D eigenvalue weighted by Crippen LogP contribution is 2.28. The third kappa shape index (κ3) is 9.27. The van der Waals surface area contributed by atoms with E-state index in [2.05, 4.69) is 15.6 Å². The van der Waals surface area contributed by atoms with Gasteiger partial charge >= 0.3 is 0 Å². The van der Waals surface area contributed by atoms with Gasteiger partial charge in [-0.15, -0.1) is 0 Å². The van der Waals surface area contributed by atoms with Crippen molar-refractivity contribution >= 4 is 29.3 Å². The van der Waals surface area contributed by atoms with Crippen LogP contribution in [0.1, 0.15) is 59.8 Å². The average Bonchev–Trinajstić information content (AvgIpc) is 3.56. The summed E-state index contributed by atoms with van der Waals surface area (Å²) in [6.45, 7) is 5.90. The second-order valence-electron chi connectivity index (χ2n) is 13.2. The van der Waals surface area contributed by atoms with Crippen LogP contribution in [0.2, 0.25) is 0 Å². The first kappa shape index (κ1) is 36.1. The molecule has 11 nitrogen and oxygen atoms in total. The summed E-state index contributed by atoms with van der Waals surface area (Å²) >= 11 is 0. The lowest BCUT2D eigenvalue weighted by Gasteiger charge is -2.34. The molecule has 1 aliphatic rings. The number of halogens is 1. The number of piperidine rings is 1. The number of nitrogens with zero attached hydrogens (tertiary/aromatic N) is 3. The third-order valence-electron chi connectivity index (χ3n) is 8.69. The standard InChI is InChI=1S/C38H43FN6O5/c1-25-9-11-27(12-10-25)33(36(48)44-19-17-29(18-20-44)34(46)28-13-15-30(39)16-14-28)45-21-32(41-24-45)43-35(47)31(42-37(49)38(2,3)40)23-50-22-26-7-5-4-6-8-26/h4-16,21,24,29,31,33H,17-20,22-23,40H2,1-3H3,(H,42,49)(H,43,47). The normalized spacial score (nSPS) is 14.9. The minimum absolute atomic E-state index is 0.0582. The highest BCUT2D eigenvalue weighted by atomic mass is 19.1. The zero-order chi connectivity index (χ0) is 35.8. The first-order valence-electron chi connectivity index (χ1n) is 16.6. The topological polar surface area (TPSA) is 149 Å². The minimum atomic E-state index is -1.23. The Morgan fingerprint density at radius 3 is 2.28 bits per heavy atom. The maximum absolute atomic E-state index is 14.1. The molecule has 1 fully saturated rings. The van der Waals surface area contributed by atoms with Gasteiger partial charge < -0.3 is 30.6 Å². The number of anilines is 1. The highest BCUT2D eigenvalue weighted by molar-refractivity contribution is 5.98. The Kier molecular flexibility index (Phi) is 11.6. The molecule has 0 radical (unpaired) electrons. The molecular weight excluding hydrogens is 639 g/mol. The van der Waals surface area contributed by atoms with Crippen molar-refractivity contribution < 1.29 is 28.3 Å². The molecule has 2 unspecified atom stereocenters. The van der Waals surface area contributed by atoms with Gasteiger partial charge in [0.15, 0.2) is 11.6 Å². The Morgan fingerprint density at radius 2 is 1.64 bits per heavy atom. The third-order valence-corrected chi connectivity index (χ3v) is 8.69. The van der Waals surface area contributed by atoms with E-state index in [1.165, 1.54) is 44.4 Å². The van der Waals surface area contributed by atoms with Crippen molar-refractivity contribution in [3.8, 4) is 0 Å². The SMILES string of the molecule is Cc1ccc(C(C(=O)N2CCC(C(=O)c3ccc(F)cc3)CC2)n2cnc(NC(=O)C(COCc3ccccc3)NC(=O)C(C)(C)N)c2)cc1. The number of aryl methyl sites for hydroxylation is 1. The number of nitrogens with one attached hydrogen (secondary N) is 2. The van der Waals surface area contributed by atoms with Crippen LogP contribution in [0.4, 0.5) is 10.2 Å². The van der Waals surface area contributed by atoms with E-state index >= 15 is 0 Å². The summed E-state index contributed by atoms with van der Waals surface area (Å²) in [5.41, 5.74) is 7.87. The fourth-order valence-corrected chi connectivity index (χ4v) is 5.73. The second kappa shape index (κ2) is 16.0. The van der Waals surface area contributed by atoms with E-state index in [-0.39, 0.29) is 36.6 Å². The number of imidazole rings is 1. The van der Waals surface area contributed by atoms with Crippen molar-refractivity contribution in [1.82, 2.24) is 19.8 Å². The maximum atomic E-state index is 14.1. The molecule has 0 aliphatic carbocycles. The number of amides is 3. The van der Waals surface area contributed by atoms with Gasteiger partial charge in [-0.3, -0.25) is 19.2 Å². The minimum Gasteiger partial charge on any atom is -0.374 e. The number of aromatic nitrogens is 2. The molecule has 1 saturated heterocycles. The van der Waals surface area contributed by atoms with Crippen molar-refractivity contribution in [2.24, 2.45) is 11.7 Å². The van der Waals surface area contributed by atoms with Gasteiger partial charge in [-0.25, -0.2) is 9.37 Å². The van der Waals surface area contributed by atoms with Gasteiger partial charge in [-0.2, -0.15) is 0 Å². The number of likely N-dealkylation sites (tertiary alicyclic amines) is 1. The Bertz CT molecular complexity index is 1780. The van der Waals surface area contributed by atoms with Crippen LogP contribution in [0.5, 0.6) is 0 Å². The number of carbonyl (C=O) groups excluding carboxylic acids is 4. The molecule has 4 N–H and O–H groups in total. The highest BCUT2D eigenvalue weighted by Gasteiger charge is 2.34. The smallest absolute Gasteiger partial charge is 0.250 e. The molecule has 50 heavy (non-hydrogen) atoms. The van der Waals surface area contributed by atoms with Gasteiger partial charge in [0.25, 0.3) is 5.91 Å². The van der Waals surface area contributed by atoms with E-state index in [9.17, 15) is 23.6 Å². The van der Waals surface area contributed by atoms with Crippen LogP contribution in [0.25, 0.3) is 0 Å². The fourth-order valence-electron chi connectivity index (χ4n) is 5.73. The number of benzene rings is 3. The molecule has 4 aromatic rings. The van der Waals surface area contributed by atoms with Gasteiger partial charge in [0, 0.05) is 30.8 Å². The van der Waals surface area contributed by atoms with E-state index in [1.54, 1.807) is 15.7 Å². The number of nitrogens with two attached hydrogens (primary N) is 1. The monoisotopic (exact) mass is 682 g/mol. The van der Waals surface area contributed by atoms with E-state index in [0.717, 1.165) is 16.7 Å². The predicted molar refractivity (Wildman–Crippen MR) is 187 cm³/mol. The predicted octanol–water partition coefficient (Wildman–Crippen LogP) is 4.42. The lowest BCUT2D eigenvalue weighted by Crippen LogP contribution is -2.56. The number of rotatable bonds is 13. The van der Waals surface area contributed by atoms with Crippen molar-refractivity contribution in [3.63, 3.8) is 0 Å². The second-order valence-corrected chi connectivity index (χ2v) is 13.2. The van der Waals surface area contributed by atoms with Crippen LogP contribution >= 0.6 is 0 Å². The van der Waals surface area contributed by atoms with E-state index in [1.807, 2.05) is 61.5 Å². The molecule has 2 atom stereocenters. The molecule has 5 rings (SSSR count). The van der Waals surface area contributed by atoms with Crippen LogP contribution in [-0.4, -0.2) is 69.2 Å². The zero-order valence-corrected chi connectivity index (χ0v) is 28.5. The number of hydrogen-bond donors (Lipinski definition) is 3. The molecule has 1 aromatic heterocycles. The summed E-state index contributed by atoms with van der Waals surface area (Å²) in [6, 6.07) is 20.7. The Morgan fingerprint density at radius 1 is 0.980 bits per heavy atom. The maximum Gasteiger partial charge on any atom is 0.250 e. The van der Waals surface area contributed by atoms with Gasteiger partial charge in [0.05, 0.1) is 25.1 Å². The average molecular weight is 683 g/mol. The van der Waals surface area contributed by atoms with Crippen molar-refractivity contribution in [2.75, 3.05) is 25.0 Å². The summed E-state index contributed by atoms with van der Waals surface area (Å²) in [7, 11) is 0. The number of Topliss-reactive ketones (excluding diaryl/α,β-unsaturated/α-hetero) is 1. The van der Waals surface area contributed by atoms with Crippen LogP contribution in [0.3, 0.4) is 0 Å². The van der Waals surface area contributed by atoms with Gasteiger partial charge in [0.1, 0.15) is 17.9 Å². The van der Waals surface area contributed by atoms with Gasteiger partial charge in [-0.1, -0.05) is 60.2 Å². The lowest BCUT2D eigenvalue weighted by molar-refractivity contribution is -0.134. The molecule has 3 amide bonds. The van der Waals surface area contributed by atoms with Crippen molar-refractivity contribution in [1.29, 1.82) is 0 Å². The Hall–Kier alpha value is -5.20. The summed E-state index contributed by atoms with van der Waals surface area (Å²) < 4.78 is 20.8. The number of ketones is 1. The van der Waals surface area contributed by atoms with E-state index in [4.69, 9.17) is 10.5 Å². The fraction of sp³-hybridized carbons (Fsp3) is 0.342. The summed E-state index contributed by atoms with van der Waals surface area (Å²) in [6.07, 6.45) is 4.01. The molecule has 262 valence electrons. The number of carbonyl (C=O) groups is 4. The molecular formula is C38H43FN6O5. The Labute approximate surface area is 291 Å². The molecule has 0 bridgehead atoms. The molecule has 0 spiro atoms. The van der Waals surface area contributed by atoms with Crippen LogP contribution < -0.4 is 16.4 Å². The first-order chi connectivity index (χ1) is 23.9. The van der Waals surface area contributed by atoms with Crippen molar-refractivity contribution in [3.05, 3.63) is 119 Å². The van der Waals surface area contributed by atoms with Crippen LogP contribution in [-0.2, 0) is 25.7 Å². The van der Waals surface area contributed by atoms with E-state index < -0.39 is 35.3 Å². The quantitative estimate of drug-likeness (QED) is 0.177. The molecule has 1 aliphatic heterocycles. The van der Waals surface area contributed by atoms with Crippen LogP contribution in [0, 0.1) is 18.7 Å². The van der Waals surface area contributed by atoms with Crippen LogP contribution in [0.15, 0.2) is 91.4 Å². The Balaban J connectivity index is 1.29. The summed E-state index contributed by atoms with van der Waals surface area (Å²) in [5, 5.41) is 5.42. The van der Waals surface area contributed by atoms with Gasteiger partial charge in [0.2, 0.25) is 11.8 Å². The summed E-state index contributed by atoms with van der Waals surface area (Å²) in [5.74, 6) is -1.82. The number of ether oxygens (including phenoxy) is 1. The molecule has 12 heteroatoms. The number of hydrogen-bond acceptors (Lipinski definition) is 7. The van der Waals surface area contributed by atoms with Crippen molar-refractivity contribution in [2.45, 2.75) is 57.8 Å². The molecule has 2 heterocycles. The van der Waals surface area contributed by atoms with E-state index in [0.29, 0.717) is 31.5 Å². The zero-order valence-electron chi connectivity index (χ0n) is 28.5. The molecule has 3 aromatic carbocycles.